The molecule has 1 saturated heterocycles. The molecular formula is C17H24N2O4. The Morgan fingerprint density at radius 2 is 2.09 bits per heavy atom. The maximum Gasteiger partial charge on any atom is 0.328 e. The van der Waals surface area contributed by atoms with E-state index in [1.807, 2.05) is 30.3 Å². The summed E-state index contributed by atoms with van der Waals surface area (Å²) in [4.78, 5) is 24.5. The van der Waals surface area contributed by atoms with Crippen LogP contribution in [0.2, 0.25) is 0 Å². The number of ether oxygens (including phenoxy) is 2. The Hall–Kier alpha value is -1.92. The molecule has 0 saturated carbocycles. The number of benzene rings is 1. The van der Waals surface area contributed by atoms with Crippen LogP contribution in [0.4, 0.5) is 0 Å². The molecule has 2 rings (SSSR count). The first-order valence-electron chi connectivity index (χ1n) is 8.00. The zero-order chi connectivity index (χ0) is 16.7. The van der Waals surface area contributed by atoms with Gasteiger partial charge in [0.2, 0.25) is 5.91 Å². The van der Waals surface area contributed by atoms with Crippen molar-refractivity contribution in [1.82, 2.24) is 5.32 Å². The molecule has 23 heavy (non-hydrogen) atoms. The second-order valence-electron chi connectivity index (χ2n) is 5.56. The largest absolute Gasteiger partial charge is 0.464 e. The van der Waals surface area contributed by atoms with Gasteiger partial charge < -0.3 is 20.5 Å². The monoisotopic (exact) mass is 320 g/mol. The van der Waals surface area contributed by atoms with E-state index in [1.54, 1.807) is 6.92 Å². The summed E-state index contributed by atoms with van der Waals surface area (Å²) in [5.74, 6) is -0.715. The van der Waals surface area contributed by atoms with Crippen molar-refractivity contribution in [3.63, 3.8) is 0 Å². The predicted molar refractivity (Wildman–Crippen MR) is 85.7 cm³/mol. The van der Waals surface area contributed by atoms with Gasteiger partial charge in [-0.25, -0.2) is 4.79 Å². The molecule has 1 aliphatic heterocycles. The first-order valence-corrected chi connectivity index (χ1v) is 8.00. The molecule has 1 aliphatic rings. The lowest BCUT2D eigenvalue weighted by Crippen LogP contribution is -2.47. The third kappa shape index (κ3) is 5.04. The van der Waals surface area contributed by atoms with Crippen LogP contribution in [0.3, 0.4) is 0 Å². The number of amides is 1. The second-order valence-corrected chi connectivity index (χ2v) is 5.56. The van der Waals surface area contributed by atoms with Crippen LogP contribution in [0, 0.1) is 0 Å². The third-order valence-corrected chi connectivity index (χ3v) is 3.83. The number of carbonyl (C=O) groups is 2. The van der Waals surface area contributed by atoms with Crippen LogP contribution in [-0.4, -0.2) is 43.3 Å². The second kappa shape index (κ2) is 8.64. The Balaban J connectivity index is 1.99. The van der Waals surface area contributed by atoms with E-state index < -0.39 is 18.1 Å². The van der Waals surface area contributed by atoms with Crippen LogP contribution in [0.25, 0.3) is 0 Å². The van der Waals surface area contributed by atoms with Gasteiger partial charge in [-0.3, -0.25) is 4.79 Å². The van der Waals surface area contributed by atoms with Gasteiger partial charge in [-0.05, 0) is 25.3 Å². The van der Waals surface area contributed by atoms with Crippen LogP contribution in [-0.2, 0) is 25.5 Å². The third-order valence-electron chi connectivity index (χ3n) is 3.83. The van der Waals surface area contributed by atoms with Crippen molar-refractivity contribution in [1.29, 1.82) is 0 Å². The van der Waals surface area contributed by atoms with E-state index in [0.29, 0.717) is 19.4 Å². The topological polar surface area (TPSA) is 90.7 Å². The van der Waals surface area contributed by atoms with Crippen molar-refractivity contribution >= 4 is 11.9 Å². The molecule has 3 atom stereocenters. The summed E-state index contributed by atoms with van der Waals surface area (Å²) in [6.45, 7) is 2.41. The van der Waals surface area contributed by atoms with Crippen LogP contribution >= 0.6 is 0 Å². The zero-order valence-electron chi connectivity index (χ0n) is 13.4. The Morgan fingerprint density at radius 1 is 1.35 bits per heavy atom. The summed E-state index contributed by atoms with van der Waals surface area (Å²) in [6, 6.07) is 8.80. The average molecular weight is 320 g/mol. The molecule has 6 heteroatoms. The molecule has 1 aromatic rings. The highest BCUT2D eigenvalue weighted by Crippen LogP contribution is 2.19. The van der Waals surface area contributed by atoms with Crippen molar-refractivity contribution in [2.24, 2.45) is 5.73 Å². The number of rotatable bonds is 7. The molecule has 126 valence electrons. The molecule has 6 nitrogen and oxygen atoms in total. The van der Waals surface area contributed by atoms with Crippen molar-refractivity contribution < 1.29 is 19.1 Å². The summed E-state index contributed by atoms with van der Waals surface area (Å²) < 4.78 is 10.6. The van der Waals surface area contributed by atoms with E-state index in [9.17, 15) is 9.59 Å². The van der Waals surface area contributed by atoms with Crippen LogP contribution in [0.1, 0.15) is 25.3 Å². The summed E-state index contributed by atoms with van der Waals surface area (Å²) in [6.07, 6.45) is 1.14. The minimum atomic E-state index is -0.717. The molecular weight excluding hydrogens is 296 g/mol. The minimum absolute atomic E-state index is 0.0825. The molecule has 1 aromatic carbocycles. The summed E-state index contributed by atoms with van der Waals surface area (Å²) in [7, 11) is 0. The molecule has 0 aromatic heterocycles. The first-order chi connectivity index (χ1) is 11.1. The van der Waals surface area contributed by atoms with Gasteiger partial charge >= 0.3 is 5.97 Å². The molecule has 0 bridgehead atoms. The average Bonchev–Trinajstić information content (AvgIpc) is 3.04. The zero-order valence-corrected chi connectivity index (χ0v) is 13.4. The quantitative estimate of drug-likeness (QED) is 0.725. The van der Waals surface area contributed by atoms with Gasteiger partial charge in [0, 0.05) is 13.0 Å². The SMILES string of the molecule is CCOC(=O)C(Cc1ccccc1)NC(=O)[C@@H]1CC[C@H](CN)O1. The van der Waals surface area contributed by atoms with Gasteiger partial charge in [-0.2, -0.15) is 0 Å². The van der Waals surface area contributed by atoms with E-state index in [0.717, 1.165) is 12.0 Å². The van der Waals surface area contributed by atoms with Gasteiger partial charge in [0.1, 0.15) is 12.1 Å². The molecule has 1 unspecified atom stereocenters. The maximum absolute atomic E-state index is 12.3. The number of carbonyl (C=O) groups excluding carboxylic acids is 2. The summed E-state index contributed by atoms with van der Waals surface area (Å²) >= 11 is 0. The van der Waals surface area contributed by atoms with Crippen LogP contribution in [0.15, 0.2) is 30.3 Å². The summed E-state index contributed by atoms with van der Waals surface area (Å²) in [5.41, 5.74) is 6.51. The maximum atomic E-state index is 12.3. The minimum Gasteiger partial charge on any atom is -0.464 e. The number of nitrogens with one attached hydrogen (secondary N) is 1. The Bertz CT molecular complexity index is 521. The van der Waals surface area contributed by atoms with Gasteiger partial charge in [0.25, 0.3) is 0 Å². The lowest BCUT2D eigenvalue weighted by molar-refractivity contribution is -0.148. The van der Waals surface area contributed by atoms with Crippen LogP contribution < -0.4 is 11.1 Å². The van der Waals surface area contributed by atoms with E-state index in [2.05, 4.69) is 5.32 Å². The van der Waals surface area contributed by atoms with E-state index in [-0.39, 0.29) is 18.6 Å². The smallest absolute Gasteiger partial charge is 0.328 e. The number of hydrogen-bond donors (Lipinski definition) is 2. The highest BCUT2D eigenvalue weighted by atomic mass is 16.5. The highest BCUT2D eigenvalue weighted by molar-refractivity contribution is 5.87. The number of hydrogen-bond acceptors (Lipinski definition) is 5. The molecule has 1 fully saturated rings. The van der Waals surface area contributed by atoms with Gasteiger partial charge in [-0.15, -0.1) is 0 Å². The van der Waals surface area contributed by atoms with Crippen molar-refractivity contribution in [3.8, 4) is 0 Å². The molecule has 0 radical (unpaired) electrons. The van der Waals surface area contributed by atoms with Gasteiger partial charge in [-0.1, -0.05) is 30.3 Å². The molecule has 1 heterocycles. The standard InChI is InChI=1S/C17H24N2O4/c1-2-22-17(21)14(10-12-6-4-3-5-7-12)19-16(20)15-9-8-13(11-18)23-15/h3-7,13-15H,2,8-11,18H2,1H3,(H,19,20)/t13-,14?,15+/m1/s1. The Morgan fingerprint density at radius 3 is 2.70 bits per heavy atom. The molecule has 1 amide bonds. The fraction of sp³-hybridized carbons (Fsp3) is 0.529. The number of nitrogens with two attached hydrogens (primary N) is 1. The van der Waals surface area contributed by atoms with Crippen LogP contribution in [0.5, 0.6) is 0 Å². The van der Waals surface area contributed by atoms with Crippen molar-refractivity contribution in [2.75, 3.05) is 13.2 Å². The highest BCUT2D eigenvalue weighted by Gasteiger charge is 2.32. The normalized spacial score (nSPS) is 21.7. The lowest BCUT2D eigenvalue weighted by atomic mass is 10.1. The van der Waals surface area contributed by atoms with E-state index in [4.69, 9.17) is 15.2 Å². The Kier molecular flexibility index (Phi) is 6.55. The lowest BCUT2D eigenvalue weighted by Gasteiger charge is -2.20. The van der Waals surface area contributed by atoms with Crippen molar-refractivity contribution in [3.05, 3.63) is 35.9 Å². The van der Waals surface area contributed by atoms with Crippen molar-refractivity contribution in [2.45, 2.75) is 44.4 Å². The van der Waals surface area contributed by atoms with E-state index in [1.165, 1.54) is 0 Å². The fourth-order valence-electron chi connectivity index (χ4n) is 2.62. The summed E-state index contributed by atoms with van der Waals surface area (Å²) in [5, 5.41) is 2.76. The molecule has 0 spiro atoms. The Labute approximate surface area is 136 Å². The van der Waals surface area contributed by atoms with Gasteiger partial charge in [0.05, 0.1) is 12.7 Å². The molecule has 3 N–H and O–H groups in total. The first kappa shape index (κ1) is 17.4. The fourth-order valence-corrected chi connectivity index (χ4v) is 2.62. The van der Waals surface area contributed by atoms with E-state index >= 15 is 0 Å². The van der Waals surface area contributed by atoms with Gasteiger partial charge in [0.15, 0.2) is 0 Å². The predicted octanol–water partition coefficient (Wildman–Crippen LogP) is 0.783. The number of esters is 1. The molecule has 0 aliphatic carbocycles.